The maximum Gasteiger partial charge on any atom is 0.254 e. The summed E-state index contributed by atoms with van der Waals surface area (Å²) in [5.41, 5.74) is 2.09. The average Bonchev–Trinajstić information content (AvgIpc) is 3.29. The molecule has 4 rings (SSSR count). The zero-order valence-electron chi connectivity index (χ0n) is 17.0. The average molecular weight is 416 g/mol. The lowest BCUT2D eigenvalue weighted by Crippen LogP contribution is -2.33. The van der Waals surface area contributed by atoms with Gasteiger partial charge in [-0.15, -0.1) is 0 Å². The van der Waals surface area contributed by atoms with Crippen LogP contribution in [0.1, 0.15) is 23.0 Å². The second-order valence-electron chi connectivity index (χ2n) is 6.84. The molecule has 0 aliphatic heterocycles. The van der Waals surface area contributed by atoms with Gasteiger partial charge in [-0.1, -0.05) is 18.2 Å². The van der Waals surface area contributed by atoms with E-state index in [0.29, 0.717) is 42.3 Å². The lowest BCUT2D eigenvalue weighted by atomic mass is 10.1. The third-order valence-corrected chi connectivity index (χ3v) is 4.86. The summed E-state index contributed by atoms with van der Waals surface area (Å²) in [5.74, 6) is 0.584. The summed E-state index contributed by atoms with van der Waals surface area (Å²) in [5, 5.41) is 4.49. The van der Waals surface area contributed by atoms with E-state index in [9.17, 15) is 9.18 Å². The molecule has 0 fully saturated rings. The molecule has 1 aromatic carbocycles. The molecule has 0 unspecified atom stereocenters. The number of carbonyl (C=O) groups is 1. The van der Waals surface area contributed by atoms with Gasteiger partial charge in [0.15, 0.2) is 11.6 Å². The third-order valence-electron chi connectivity index (χ3n) is 4.86. The first-order valence-electron chi connectivity index (χ1n) is 9.98. The SMILES string of the molecule is CCN(CCc1ccn(-c2ccc(F)cn2)n1)C(=O)c1ccccc1-c1ncccn1. The number of likely N-dealkylation sites (N-methyl/N-ethyl adjacent to an activating group) is 1. The Hall–Kier alpha value is -3.94. The maximum atomic E-state index is 13.2. The Morgan fingerprint density at radius 2 is 1.84 bits per heavy atom. The maximum absolute atomic E-state index is 13.2. The summed E-state index contributed by atoms with van der Waals surface area (Å²) in [6, 6.07) is 13.9. The Morgan fingerprint density at radius 3 is 2.58 bits per heavy atom. The fourth-order valence-electron chi connectivity index (χ4n) is 3.25. The summed E-state index contributed by atoms with van der Waals surface area (Å²) in [6.45, 7) is 3.01. The number of hydrogen-bond acceptors (Lipinski definition) is 5. The van der Waals surface area contributed by atoms with E-state index < -0.39 is 5.82 Å². The van der Waals surface area contributed by atoms with Crippen molar-refractivity contribution in [3.8, 4) is 17.2 Å². The van der Waals surface area contributed by atoms with Crippen molar-refractivity contribution < 1.29 is 9.18 Å². The molecule has 3 heterocycles. The highest BCUT2D eigenvalue weighted by Gasteiger charge is 2.19. The van der Waals surface area contributed by atoms with E-state index in [1.165, 1.54) is 6.07 Å². The zero-order chi connectivity index (χ0) is 21.6. The second kappa shape index (κ2) is 9.25. The Balaban J connectivity index is 1.48. The monoisotopic (exact) mass is 416 g/mol. The molecule has 4 aromatic rings. The summed E-state index contributed by atoms with van der Waals surface area (Å²) in [7, 11) is 0. The summed E-state index contributed by atoms with van der Waals surface area (Å²) in [6.07, 6.45) is 6.83. The van der Waals surface area contributed by atoms with Crippen molar-refractivity contribution >= 4 is 5.91 Å². The molecule has 0 spiro atoms. The van der Waals surface area contributed by atoms with Crippen LogP contribution in [0.4, 0.5) is 4.39 Å². The molecular formula is C23H21FN6O. The first-order chi connectivity index (χ1) is 15.2. The van der Waals surface area contributed by atoms with E-state index >= 15 is 0 Å². The van der Waals surface area contributed by atoms with Crippen molar-refractivity contribution in [2.45, 2.75) is 13.3 Å². The largest absolute Gasteiger partial charge is 0.339 e. The van der Waals surface area contributed by atoms with Crippen LogP contribution in [0.15, 0.2) is 73.3 Å². The number of hydrogen-bond donors (Lipinski definition) is 0. The van der Waals surface area contributed by atoms with Crippen LogP contribution in [0.3, 0.4) is 0 Å². The van der Waals surface area contributed by atoms with Gasteiger partial charge < -0.3 is 4.90 Å². The quantitative estimate of drug-likeness (QED) is 0.460. The van der Waals surface area contributed by atoms with Gasteiger partial charge in [0.2, 0.25) is 0 Å². The van der Waals surface area contributed by atoms with Gasteiger partial charge in [0, 0.05) is 43.7 Å². The van der Waals surface area contributed by atoms with Crippen LogP contribution in [0.5, 0.6) is 0 Å². The molecule has 0 radical (unpaired) electrons. The molecular weight excluding hydrogens is 395 g/mol. The molecule has 0 N–H and O–H groups in total. The van der Waals surface area contributed by atoms with E-state index in [1.807, 2.05) is 31.2 Å². The van der Waals surface area contributed by atoms with E-state index in [-0.39, 0.29) is 5.91 Å². The van der Waals surface area contributed by atoms with Gasteiger partial charge in [-0.3, -0.25) is 4.79 Å². The lowest BCUT2D eigenvalue weighted by molar-refractivity contribution is 0.0766. The van der Waals surface area contributed by atoms with Crippen molar-refractivity contribution in [2.24, 2.45) is 0 Å². The standard InChI is InChI=1S/C23H21FN6O/c1-2-29(14-10-18-11-15-30(28-18)21-9-8-17(24)16-27-21)23(31)20-7-4-3-6-19(20)22-25-12-5-13-26-22/h3-9,11-13,15-16H,2,10,14H2,1H3. The van der Waals surface area contributed by atoms with Gasteiger partial charge in [-0.2, -0.15) is 5.10 Å². The summed E-state index contributed by atoms with van der Waals surface area (Å²) >= 11 is 0. The molecule has 0 aliphatic carbocycles. The van der Waals surface area contributed by atoms with E-state index in [4.69, 9.17) is 0 Å². The fraction of sp³-hybridized carbons (Fsp3) is 0.174. The van der Waals surface area contributed by atoms with Crippen LogP contribution < -0.4 is 0 Å². The number of rotatable bonds is 7. The normalized spacial score (nSPS) is 10.8. The van der Waals surface area contributed by atoms with Crippen molar-refractivity contribution in [1.29, 1.82) is 0 Å². The van der Waals surface area contributed by atoms with Gasteiger partial charge >= 0.3 is 0 Å². The number of amides is 1. The van der Waals surface area contributed by atoms with Crippen LogP contribution in [0.2, 0.25) is 0 Å². The van der Waals surface area contributed by atoms with Gasteiger partial charge in [0.1, 0.15) is 5.82 Å². The van der Waals surface area contributed by atoms with Gasteiger partial charge in [-0.05, 0) is 37.3 Å². The fourth-order valence-corrected chi connectivity index (χ4v) is 3.25. The molecule has 3 aromatic heterocycles. The first kappa shape index (κ1) is 20.3. The predicted octanol–water partition coefficient (Wildman–Crippen LogP) is 3.57. The molecule has 7 nitrogen and oxygen atoms in total. The molecule has 8 heteroatoms. The van der Waals surface area contributed by atoms with Crippen LogP contribution >= 0.6 is 0 Å². The van der Waals surface area contributed by atoms with Crippen molar-refractivity contribution in [3.63, 3.8) is 0 Å². The van der Waals surface area contributed by atoms with Crippen molar-refractivity contribution in [3.05, 3.63) is 90.4 Å². The minimum absolute atomic E-state index is 0.0785. The van der Waals surface area contributed by atoms with Crippen LogP contribution in [-0.4, -0.2) is 48.6 Å². The highest BCUT2D eigenvalue weighted by atomic mass is 19.1. The van der Waals surface area contributed by atoms with Crippen molar-refractivity contribution in [2.75, 3.05) is 13.1 Å². The molecule has 31 heavy (non-hydrogen) atoms. The smallest absolute Gasteiger partial charge is 0.254 e. The van der Waals surface area contributed by atoms with Crippen LogP contribution in [0.25, 0.3) is 17.2 Å². The Labute approximate surface area is 179 Å². The topological polar surface area (TPSA) is 76.8 Å². The molecule has 1 amide bonds. The van der Waals surface area contributed by atoms with E-state index in [2.05, 4.69) is 20.1 Å². The van der Waals surface area contributed by atoms with Gasteiger partial charge in [0.05, 0.1) is 17.5 Å². The number of nitrogens with zero attached hydrogens (tertiary/aromatic N) is 6. The lowest BCUT2D eigenvalue weighted by Gasteiger charge is -2.21. The second-order valence-corrected chi connectivity index (χ2v) is 6.84. The van der Waals surface area contributed by atoms with E-state index in [1.54, 1.807) is 46.4 Å². The molecule has 0 atom stereocenters. The van der Waals surface area contributed by atoms with Crippen LogP contribution in [-0.2, 0) is 6.42 Å². The zero-order valence-corrected chi connectivity index (χ0v) is 17.0. The number of halogens is 1. The molecule has 0 saturated carbocycles. The van der Waals surface area contributed by atoms with Gasteiger partial charge in [-0.25, -0.2) is 24.0 Å². The molecule has 0 aliphatic rings. The van der Waals surface area contributed by atoms with Crippen molar-refractivity contribution in [1.82, 2.24) is 29.6 Å². The molecule has 156 valence electrons. The minimum atomic E-state index is -0.394. The van der Waals surface area contributed by atoms with Crippen LogP contribution in [0, 0.1) is 5.82 Å². The molecule has 0 bridgehead atoms. The minimum Gasteiger partial charge on any atom is -0.339 e. The summed E-state index contributed by atoms with van der Waals surface area (Å²) < 4.78 is 14.7. The first-order valence-corrected chi connectivity index (χ1v) is 9.98. The van der Waals surface area contributed by atoms with Gasteiger partial charge in [0.25, 0.3) is 5.91 Å². The van der Waals surface area contributed by atoms with E-state index in [0.717, 1.165) is 11.9 Å². The Morgan fingerprint density at radius 1 is 1.03 bits per heavy atom. The number of pyridine rings is 1. The number of benzene rings is 1. The highest BCUT2D eigenvalue weighted by Crippen LogP contribution is 2.21. The Kier molecular flexibility index (Phi) is 6.07. The number of aromatic nitrogens is 5. The number of carbonyl (C=O) groups excluding carboxylic acids is 1. The highest BCUT2D eigenvalue weighted by molar-refractivity contribution is 6.00. The third kappa shape index (κ3) is 4.63. The molecule has 0 saturated heterocycles. The summed E-state index contributed by atoms with van der Waals surface area (Å²) in [4.78, 5) is 27.6. The Bertz CT molecular complexity index is 1160. The predicted molar refractivity (Wildman–Crippen MR) is 114 cm³/mol.